The smallest absolute Gasteiger partial charge is 0.341 e. The fourth-order valence-electron chi connectivity index (χ4n) is 2.91. The van der Waals surface area contributed by atoms with Crippen LogP contribution in [0.5, 0.6) is 0 Å². The number of fused-ring (bicyclic) bond motifs is 1. The Hall–Kier alpha value is -3.08. The summed E-state index contributed by atoms with van der Waals surface area (Å²) in [5.74, 6) is 0.580. The first kappa shape index (κ1) is 17.7. The van der Waals surface area contributed by atoms with Gasteiger partial charge in [-0.15, -0.1) is 0 Å². The van der Waals surface area contributed by atoms with E-state index in [1.807, 2.05) is 42.5 Å². The van der Waals surface area contributed by atoms with Crippen molar-refractivity contribution < 1.29 is 18.7 Å². The molecule has 0 saturated heterocycles. The summed E-state index contributed by atoms with van der Waals surface area (Å²) in [5, 5.41) is 2.27. The van der Waals surface area contributed by atoms with Gasteiger partial charge in [0.15, 0.2) is 0 Å². The summed E-state index contributed by atoms with van der Waals surface area (Å²) in [6, 6.07) is 15.7. The highest BCUT2D eigenvalue weighted by Gasteiger charge is 2.18. The molecule has 134 valence electrons. The molecule has 5 nitrogen and oxygen atoms in total. The molecule has 0 unspecified atom stereocenters. The third-order valence-electron chi connectivity index (χ3n) is 4.36. The van der Waals surface area contributed by atoms with Gasteiger partial charge in [0.25, 0.3) is 0 Å². The van der Waals surface area contributed by atoms with Crippen LogP contribution in [0.4, 0.5) is 0 Å². The summed E-state index contributed by atoms with van der Waals surface area (Å²) < 4.78 is 10.3. The Balaban J connectivity index is 1.68. The van der Waals surface area contributed by atoms with Crippen LogP contribution in [-0.4, -0.2) is 30.9 Å². The van der Waals surface area contributed by atoms with E-state index in [4.69, 9.17) is 9.15 Å². The first-order valence-electron chi connectivity index (χ1n) is 8.37. The molecule has 3 rings (SSSR count). The summed E-state index contributed by atoms with van der Waals surface area (Å²) in [6.45, 7) is 2.00. The highest BCUT2D eigenvalue weighted by atomic mass is 16.5. The first-order chi connectivity index (χ1) is 12.5. The van der Waals surface area contributed by atoms with Gasteiger partial charge in [-0.2, -0.15) is 0 Å². The molecule has 0 N–H and O–H groups in total. The number of furan rings is 1. The number of carbonyl (C=O) groups excluding carboxylic acids is 2. The topological polar surface area (TPSA) is 59.8 Å². The molecule has 3 aromatic rings. The van der Waals surface area contributed by atoms with E-state index in [0.29, 0.717) is 30.0 Å². The average Bonchev–Trinajstić information content (AvgIpc) is 3.01. The number of nitrogens with zero attached hydrogens (tertiary/aromatic N) is 1. The Bertz CT molecular complexity index is 958. The fourth-order valence-corrected chi connectivity index (χ4v) is 2.91. The summed E-state index contributed by atoms with van der Waals surface area (Å²) in [7, 11) is 3.05. The number of carbonyl (C=O) groups is 2. The minimum absolute atomic E-state index is 0.0195. The highest BCUT2D eigenvalue weighted by Crippen LogP contribution is 2.19. The number of aryl methyl sites for hydroxylation is 1. The van der Waals surface area contributed by atoms with E-state index in [-0.39, 0.29) is 5.91 Å². The van der Waals surface area contributed by atoms with Crippen LogP contribution < -0.4 is 0 Å². The Labute approximate surface area is 152 Å². The van der Waals surface area contributed by atoms with Crippen molar-refractivity contribution in [2.75, 3.05) is 14.2 Å². The maximum absolute atomic E-state index is 12.5. The number of amides is 1. The van der Waals surface area contributed by atoms with Gasteiger partial charge in [-0.05, 0) is 29.3 Å². The van der Waals surface area contributed by atoms with Crippen molar-refractivity contribution in [1.82, 2.24) is 4.90 Å². The van der Waals surface area contributed by atoms with Crippen molar-refractivity contribution in [3.63, 3.8) is 0 Å². The van der Waals surface area contributed by atoms with E-state index in [1.54, 1.807) is 24.9 Å². The number of hydrogen-bond acceptors (Lipinski definition) is 4. The van der Waals surface area contributed by atoms with Gasteiger partial charge in [-0.3, -0.25) is 4.79 Å². The summed E-state index contributed by atoms with van der Waals surface area (Å²) in [6.07, 6.45) is 0.310. The number of likely N-dealkylation sites (N-methyl/N-ethyl adjacent to an activating group) is 1. The van der Waals surface area contributed by atoms with E-state index in [2.05, 4.69) is 0 Å². The van der Waals surface area contributed by atoms with Crippen LogP contribution in [0.25, 0.3) is 10.8 Å². The van der Waals surface area contributed by atoms with Gasteiger partial charge < -0.3 is 14.1 Å². The summed E-state index contributed by atoms with van der Waals surface area (Å²) in [5.41, 5.74) is 1.35. The normalized spacial score (nSPS) is 10.7. The number of esters is 1. The zero-order valence-electron chi connectivity index (χ0n) is 15.1. The van der Waals surface area contributed by atoms with Crippen LogP contribution in [0.1, 0.15) is 27.4 Å². The molecule has 0 aliphatic heterocycles. The third kappa shape index (κ3) is 3.77. The fraction of sp³-hybridized carbons (Fsp3) is 0.238. The number of hydrogen-bond donors (Lipinski definition) is 0. The van der Waals surface area contributed by atoms with Crippen LogP contribution in [0.3, 0.4) is 0 Å². The molecule has 0 radical (unpaired) electrons. The van der Waals surface area contributed by atoms with Gasteiger partial charge in [0, 0.05) is 7.05 Å². The minimum Gasteiger partial charge on any atom is -0.465 e. The lowest BCUT2D eigenvalue weighted by atomic mass is 10.0. The maximum Gasteiger partial charge on any atom is 0.341 e. The molecule has 0 atom stereocenters. The number of rotatable bonds is 5. The van der Waals surface area contributed by atoms with Crippen LogP contribution in [-0.2, 0) is 22.5 Å². The molecule has 0 aliphatic rings. The lowest BCUT2D eigenvalue weighted by molar-refractivity contribution is -0.129. The quantitative estimate of drug-likeness (QED) is 0.657. The SMILES string of the molecule is COC(=O)c1cc(CN(C)C(=O)Cc2ccc3ccccc3c2)oc1C. The van der Waals surface area contributed by atoms with E-state index in [9.17, 15) is 9.59 Å². The van der Waals surface area contributed by atoms with Gasteiger partial charge in [-0.1, -0.05) is 42.5 Å². The largest absolute Gasteiger partial charge is 0.465 e. The molecule has 0 aliphatic carbocycles. The van der Waals surface area contributed by atoms with E-state index in [0.717, 1.165) is 16.3 Å². The monoisotopic (exact) mass is 351 g/mol. The molecule has 1 amide bonds. The third-order valence-corrected chi connectivity index (χ3v) is 4.36. The van der Waals surface area contributed by atoms with Crippen molar-refractivity contribution in [1.29, 1.82) is 0 Å². The van der Waals surface area contributed by atoms with E-state index < -0.39 is 5.97 Å². The second-order valence-electron chi connectivity index (χ2n) is 6.28. The number of benzene rings is 2. The Kier molecular flexibility index (Phi) is 5.07. The number of ether oxygens (including phenoxy) is 1. The molecule has 26 heavy (non-hydrogen) atoms. The Morgan fingerprint density at radius 3 is 2.54 bits per heavy atom. The van der Waals surface area contributed by atoms with Crippen molar-refractivity contribution in [3.05, 3.63) is 71.2 Å². The predicted octanol–water partition coefficient (Wildman–Crippen LogP) is 3.73. The van der Waals surface area contributed by atoms with Gasteiger partial charge in [-0.25, -0.2) is 4.79 Å². The second kappa shape index (κ2) is 7.44. The molecule has 1 heterocycles. The van der Waals surface area contributed by atoms with Crippen molar-refractivity contribution in [2.45, 2.75) is 19.9 Å². The zero-order valence-corrected chi connectivity index (χ0v) is 15.1. The van der Waals surface area contributed by atoms with Crippen molar-refractivity contribution in [2.24, 2.45) is 0 Å². The lowest BCUT2D eigenvalue weighted by Gasteiger charge is -2.16. The molecular formula is C21H21NO4. The minimum atomic E-state index is -0.442. The van der Waals surface area contributed by atoms with Crippen molar-refractivity contribution >= 4 is 22.6 Å². The summed E-state index contributed by atoms with van der Waals surface area (Å²) in [4.78, 5) is 25.8. The van der Waals surface area contributed by atoms with Gasteiger partial charge in [0.1, 0.15) is 17.1 Å². The molecule has 0 spiro atoms. The van der Waals surface area contributed by atoms with E-state index >= 15 is 0 Å². The van der Waals surface area contributed by atoms with Crippen LogP contribution in [0.15, 0.2) is 52.9 Å². The molecule has 5 heteroatoms. The lowest BCUT2D eigenvalue weighted by Crippen LogP contribution is -2.27. The average molecular weight is 351 g/mol. The van der Waals surface area contributed by atoms with Crippen LogP contribution in [0.2, 0.25) is 0 Å². The highest BCUT2D eigenvalue weighted by molar-refractivity contribution is 5.90. The Morgan fingerprint density at radius 1 is 1.08 bits per heavy atom. The zero-order chi connectivity index (χ0) is 18.7. The molecular weight excluding hydrogens is 330 g/mol. The van der Waals surface area contributed by atoms with Crippen LogP contribution in [0, 0.1) is 6.92 Å². The molecule has 1 aromatic heterocycles. The van der Waals surface area contributed by atoms with E-state index in [1.165, 1.54) is 7.11 Å². The van der Waals surface area contributed by atoms with Gasteiger partial charge in [0.2, 0.25) is 5.91 Å². The predicted molar refractivity (Wildman–Crippen MR) is 98.9 cm³/mol. The van der Waals surface area contributed by atoms with Crippen molar-refractivity contribution in [3.8, 4) is 0 Å². The Morgan fingerprint density at radius 2 is 1.81 bits per heavy atom. The molecule has 2 aromatic carbocycles. The molecule has 0 bridgehead atoms. The maximum atomic E-state index is 12.5. The van der Waals surface area contributed by atoms with Gasteiger partial charge in [0.05, 0.1) is 20.1 Å². The second-order valence-corrected chi connectivity index (χ2v) is 6.28. The van der Waals surface area contributed by atoms with Crippen LogP contribution >= 0.6 is 0 Å². The first-order valence-corrected chi connectivity index (χ1v) is 8.37. The standard InChI is InChI=1S/C21H21NO4/c1-14-19(21(24)25-3)12-18(26-14)13-22(2)20(23)11-15-8-9-16-6-4-5-7-17(16)10-15/h4-10,12H,11,13H2,1-3H3. The molecule has 0 saturated carbocycles. The molecule has 0 fully saturated rings. The summed E-state index contributed by atoms with van der Waals surface area (Å²) >= 11 is 0. The van der Waals surface area contributed by atoms with Gasteiger partial charge >= 0.3 is 5.97 Å². The number of methoxy groups -OCH3 is 1.